The van der Waals surface area contributed by atoms with E-state index in [4.69, 9.17) is 5.11 Å². The van der Waals surface area contributed by atoms with Gasteiger partial charge in [-0.1, -0.05) is 11.8 Å². The molecule has 4 nitrogen and oxygen atoms in total. The van der Waals surface area contributed by atoms with E-state index in [1.54, 1.807) is 0 Å². The molecule has 1 aromatic carbocycles. The average molecular weight is 278 g/mol. The van der Waals surface area contributed by atoms with E-state index in [1.807, 2.05) is 25.9 Å². The molecule has 0 aliphatic rings. The molecule has 0 saturated heterocycles. The molecule has 0 saturated carbocycles. The van der Waals surface area contributed by atoms with E-state index in [1.165, 1.54) is 18.2 Å². The lowest BCUT2D eigenvalue weighted by atomic mass is 10.1. The number of hydrogen-bond donors (Lipinski definition) is 2. The van der Waals surface area contributed by atoms with E-state index in [9.17, 15) is 9.18 Å². The maximum absolute atomic E-state index is 13.7. The van der Waals surface area contributed by atoms with E-state index in [0.717, 1.165) is 0 Å². The summed E-state index contributed by atoms with van der Waals surface area (Å²) in [6.07, 6.45) is 0. The molecule has 0 aliphatic heterocycles. The third kappa shape index (κ3) is 4.65. The molecule has 1 atom stereocenters. The normalized spacial score (nSPS) is 11.7. The van der Waals surface area contributed by atoms with E-state index in [2.05, 4.69) is 17.2 Å². The van der Waals surface area contributed by atoms with E-state index in [-0.39, 0.29) is 18.2 Å². The number of amides is 1. The number of nitrogens with one attached hydrogen (secondary N) is 1. The molecule has 0 aromatic heterocycles. The lowest BCUT2D eigenvalue weighted by molar-refractivity contribution is 0.0939. The molecule has 1 rings (SSSR count). The summed E-state index contributed by atoms with van der Waals surface area (Å²) < 4.78 is 13.7. The number of likely N-dealkylation sites (N-methyl/N-ethyl adjacent to an activating group) is 1. The van der Waals surface area contributed by atoms with Crippen LogP contribution in [-0.4, -0.2) is 49.2 Å². The van der Waals surface area contributed by atoms with Crippen molar-refractivity contribution >= 4 is 5.91 Å². The number of aliphatic hydroxyl groups is 1. The standard InChI is InChI=1S/C15H19FN2O2/c1-11(18(2)3)10-17-15(20)13-9-12(5-4-8-19)6-7-14(13)16/h6-7,9,11,19H,8,10H2,1-3H3,(H,17,20). The summed E-state index contributed by atoms with van der Waals surface area (Å²) in [5.74, 6) is 4.05. The zero-order valence-electron chi connectivity index (χ0n) is 11.9. The van der Waals surface area contributed by atoms with Crippen LogP contribution in [0.3, 0.4) is 0 Å². The minimum atomic E-state index is -0.588. The average Bonchev–Trinajstić information content (AvgIpc) is 2.43. The molecule has 0 radical (unpaired) electrons. The summed E-state index contributed by atoms with van der Waals surface area (Å²) in [5, 5.41) is 11.3. The molecule has 0 spiro atoms. The van der Waals surface area contributed by atoms with Crippen molar-refractivity contribution in [1.29, 1.82) is 0 Å². The first-order valence-corrected chi connectivity index (χ1v) is 6.29. The second-order valence-electron chi connectivity index (χ2n) is 4.68. The fourth-order valence-electron chi connectivity index (χ4n) is 1.44. The zero-order valence-corrected chi connectivity index (χ0v) is 11.9. The molecular formula is C15H19FN2O2. The minimum absolute atomic E-state index is 0.0410. The van der Waals surface area contributed by atoms with Crippen molar-refractivity contribution in [3.63, 3.8) is 0 Å². The first kappa shape index (κ1) is 16.2. The summed E-state index contributed by atoms with van der Waals surface area (Å²) >= 11 is 0. The Bertz CT molecular complexity index is 532. The van der Waals surface area contributed by atoms with Gasteiger partial charge in [-0.25, -0.2) is 4.39 Å². The highest BCUT2D eigenvalue weighted by molar-refractivity contribution is 5.94. The molecule has 5 heteroatoms. The van der Waals surface area contributed by atoms with Crippen molar-refractivity contribution in [2.45, 2.75) is 13.0 Å². The largest absolute Gasteiger partial charge is 0.384 e. The molecular weight excluding hydrogens is 259 g/mol. The number of nitrogens with zero attached hydrogens (tertiary/aromatic N) is 1. The molecule has 1 aromatic rings. The summed E-state index contributed by atoms with van der Waals surface area (Å²) in [4.78, 5) is 13.9. The van der Waals surface area contributed by atoms with Crippen LogP contribution in [0.15, 0.2) is 18.2 Å². The third-order valence-electron chi connectivity index (χ3n) is 2.96. The van der Waals surface area contributed by atoms with Crippen molar-refractivity contribution in [3.8, 4) is 11.8 Å². The van der Waals surface area contributed by atoms with Crippen LogP contribution in [0, 0.1) is 17.7 Å². The number of halogens is 1. The van der Waals surface area contributed by atoms with Crippen molar-refractivity contribution < 1.29 is 14.3 Å². The lowest BCUT2D eigenvalue weighted by Gasteiger charge is -2.20. The van der Waals surface area contributed by atoms with Crippen LogP contribution in [0.2, 0.25) is 0 Å². The lowest BCUT2D eigenvalue weighted by Crippen LogP contribution is -2.38. The van der Waals surface area contributed by atoms with Gasteiger partial charge in [0.15, 0.2) is 0 Å². The Labute approximate surface area is 118 Å². The second kappa shape index (κ2) is 7.63. The molecule has 1 amide bonds. The zero-order chi connectivity index (χ0) is 15.1. The van der Waals surface area contributed by atoms with Crippen LogP contribution in [0.4, 0.5) is 4.39 Å². The van der Waals surface area contributed by atoms with Crippen molar-refractivity contribution in [3.05, 3.63) is 35.1 Å². The molecule has 1 unspecified atom stereocenters. The Morgan fingerprint density at radius 2 is 2.20 bits per heavy atom. The van der Waals surface area contributed by atoms with Crippen molar-refractivity contribution in [2.75, 3.05) is 27.2 Å². The van der Waals surface area contributed by atoms with E-state index < -0.39 is 11.7 Å². The van der Waals surface area contributed by atoms with Gasteiger partial charge in [-0.2, -0.15) is 0 Å². The predicted octanol–water partition coefficient (Wildman–Crippen LogP) is 0.849. The van der Waals surface area contributed by atoms with Crippen molar-refractivity contribution in [2.24, 2.45) is 0 Å². The topological polar surface area (TPSA) is 52.6 Å². The van der Waals surface area contributed by atoms with Gasteiger partial charge in [-0.15, -0.1) is 0 Å². The maximum atomic E-state index is 13.7. The van der Waals surface area contributed by atoms with Crippen LogP contribution < -0.4 is 5.32 Å². The van der Waals surface area contributed by atoms with Gasteiger partial charge in [-0.05, 0) is 39.2 Å². The molecule has 0 heterocycles. The monoisotopic (exact) mass is 278 g/mol. The van der Waals surface area contributed by atoms with Gasteiger partial charge in [0.05, 0.1) is 5.56 Å². The van der Waals surface area contributed by atoms with E-state index in [0.29, 0.717) is 12.1 Å². The van der Waals surface area contributed by atoms with Gasteiger partial charge in [0, 0.05) is 18.2 Å². The summed E-state index contributed by atoms with van der Waals surface area (Å²) in [5.41, 5.74) is 0.451. The Morgan fingerprint density at radius 1 is 1.50 bits per heavy atom. The second-order valence-corrected chi connectivity index (χ2v) is 4.68. The molecule has 0 bridgehead atoms. The van der Waals surface area contributed by atoms with Gasteiger partial charge in [-0.3, -0.25) is 4.79 Å². The molecule has 108 valence electrons. The molecule has 2 N–H and O–H groups in total. The van der Waals surface area contributed by atoms with E-state index >= 15 is 0 Å². The highest BCUT2D eigenvalue weighted by Gasteiger charge is 2.13. The highest BCUT2D eigenvalue weighted by atomic mass is 19.1. The van der Waals surface area contributed by atoms with Gasteiger partial charge >= 0.3 is 0 Å². The maximum Gasteiger partial charge on any atom is 0.254 e. The highest BCUT2D eigenvalue weighted by Crippen LogP contribution is 2.10. The van der Waals surface area contributed by atoms with Gasteiger partial charge in [0.25, 0.3) is 5.91 Å². The number of carbonyl (C=O) groups excluding carboxylic acids is 1. The Balaban J connectivity index is 2.81. The first-order chi connectivity index (χ1) is 9.45. The number of rotatable bonds is 4. The first-order valence-electron chi connectivity index (χ1n) is 6.29. The van der Waals surface area contributed by atoms with Crippen LogP contribution in [0.5, 0.6) is 0 Å². The summed E-state index contributed by atoms with van der Waals surface area (Å²) in [6, 6.07) is 4.20. The van der Waals surface area contributed by atoms with Gasteiger partial charge in [0.2, 0.25) is 0 Å². The summed E-state index contributed by atoms with van der Waals surface area (Å²) in [6.45, 7) is 2.11. The predicted molar refractivity (Wildman–Crippen MR) is 75.8 cm³/mol. The Hall–Kier alpha value is -1.90. The fourth-order valence-corrected chi connectivity index (χ4v) is 1.44. The van der Waals surface area contributed by atoms with Crippen molar-refractivity contribution in [1.82, 2.24) is 10.2 Å². The molecule has 0 aliphatic carbocycles. The van der Waals surface area contributed by atoms with Crippen LogP contribution >= 0.6 is 0 Å². The SMILES string of the molecule is CC(CNC(=O)c1cc(C#CCO)ccc1F)N(C)C. The van der Waals surface area contributed by atoms with Crippen LogP contribution in [0.1, 0.15) is 22.8 Å². The van der Waals surface area contributed by atoms with Gasteiger partial charge < -0.3 is 15.3 Å². The quantitative estimate of drug-likeness (QED) is 0.803. The summed E-state index contributed by atoms with van der Waals surface area (Å²) in [7, 11) is 3.81. The smallest absolute Gasteiger partial charge is 0.254 e. The van der Waals surface area contributed by atoms with Gasteiger partial charge in [0.1, 0.15) is 12.4 Å². The number of carbonyl (C=O) groups is 1. The third-order valence-corrected chi connectivity index (χ3v) is 2.96. The number of hydrogen-bond acceptors (Lipinski definition) is 3. The number of benzene rings is 1. The molecule has 20 heavy (non-hydrogen) atoms. The Kier molecular flexibility index (Phi) is 6.16. The minimum Gasteiger partial charge on any atom is -0.384 e. The Morgan fingerprint density at radius 3 is 2.80 bits per heavy atom. The molecule has 0 fully saturated rings. The van der Waals surface area contributed by atoms with Crippen LogP contribution in [0.25, 0.3) is 0 Å². The number of aliphatic hydroxyl groups excluding tert-OH is 1. The van der Waals surface area contributed by atoms with Crippen LogP contribution in [-0.2, 0) is 0 Å². The fraction of sp³-hybridized carbons (Fsp3) is 0.400.